The molecule has 0 unspecified atom stereocenters. The molecule has 1 spiro atoms. The molecule has 0 aromatic carbocycles. The predicted octanol–water partition coefficient (Wildman–Crippen LogP) is 1.57. The van der Waals surface area contributed by atoms with Gasteiger partial charge in [-0.25, -0.2) is 0 Å². The summed E-state index contributed by atoms with van der Waals surface area (Å²) in [7, 11) is 0. The highest BCUT2D eigenvalue weighted by atomic mass is 16.7. The van der Waals surface area contributed by atoms with Gasteiger partial charge in [-0.1, -0.05) is 26.0 Å². The molecule has 62 valence electrons. The molecular formula is C9H14O2. The number of hydrogen-bond acceptors (Lipinski definition) is 2. The molecule has 0 aromatic rings. The SMILES string of the molecule is C[C@@H]1C=C[C@H](C)C12OCCO2. The number of hydrogen-bond donors (Lipinski definition) is 0. The van der Waals surface area contributed by atoms with Gasteiger partial charge in [0.1, 0.15) is 0 Å². The van der Waals surface area contributed by atoms with Crippen molar-refractivity contribution in [1.82, 2.24) is 0 Å². The van der Waals surface area contributed by atoms with E-state index in [1.165, 1.54) is 0 Å². The Bertz CT molecular complexity index is 166. The van der Waals surface area contributed by atoms with Crippen LogP contribution in [0.4, 0.5) is 0 Å². The van der Waals surface area contributed by atoms with Crippen molar-refractivity contribution in [2.45, 2.75) is 19.6 Å². The molecule has 2 aliphatic rings. The van der Waals surface area contributed by atoms with Crippen molar-refractivity contribution in [3.63, 3.8) is 0 Å². The number of ether oxygens (including phenoxy) is 2. The molecule has 0 bridgehead atoms. The fraction of sp³-hybridized carbons (Fsp3) is 0.778. The van der Waals surface area contributed by atoms with Crippen molar-refractivity contribution in [3.8, 4) is 0 Å². The second-order valence-corrected chi connectivity index (χ2v) is 3.38. The zero-order valence-corrected chi connectivity index (χ0v) is 7.04. The summed E-state index contributed by atoms with van der Waals surface area (Å²) < 4.78 is 11.3. The molecule has 1 saturated heterocycles. The minimum Gasteiger partial charge on any atom is -0.346 e. The molecule has 2 atom stereocenters. The van der Waals surface area contributed by atoms with E-state index in [0.717, 1.165) is 13.2 Å². The molecule has 0 radical (unpaired) electrons. The van der Waals surface area contributed by atoms with Crippen LogP contribution in [0.2, 0.25) is 0 Å². The van der Waals surface area contributed by atoms with Crippen LogP contribution in [0.1, 0.15) is 13.8 Å². The molecule has 0 amide bonds. The van der Waals surface area contributed by atoms with E-state index in [0.29, 0.717) is 11.8 Å². The van der Waals surface area contributed by atoms with Gasteiger partial charge in [-0.3, -0.25) is 0 Å². The summed E-state index contributed by atoms with van der Waals surface area (Å²) >= 11 is 0. The third kappa shape index (κ3) is 0.861. The summed E-state index contributed by atoms with van der Waals surface area (Å²) in [5.41, 5.74) is 0. The van der Waals surface area contributed by atoms with Crippen molar-refractivity contribution in [3.05, 3.63) is 12.2 Å². The largest absolute Gasteiger partial charge is 0.346 e. The van der Waals surface area contributed by atoms with Crippen molar-refractivity contribution < 1.29 is 9.47 Å². The first-order valence-corrected chi connectivity index (χ1v) is 4.22. The molecule has 1 fully saturated rings. The first-order chi connectivity index (χ1) is 5.26. The minimum absolute atomic E-state index is 0.306. The molecule has 0 aromatic heterocycles. The molecule has 11 heavy (non-hydrogen) atoms. The van der Waals surface area contributed by atoms with Crippen LogP contribution in [0.25, 0.3) is 0 Å². The molecule has 1 aliphatic carbocycles. The van der Waals surface area contributed by atoms with Gasteiger partial charge in [-0.15, -0.1) is 0 Å². The van der Waals surface area contributed by atoms with E-state index in [2.05, 4.69) is 26.0 Å². The quantitative estimate of drug-likeness (QED) is 0.493. The van der Waals surface area contributed by atoms with Crippen LogP contribution < -0.4 is 0 Å². The Morgan fingerprint density at radius 1 is 1.09 bits per heavy atom. The van der Waals surface area contributed by atoms with E-state index in [-0.39, 0.29) is 5.79 Å². The summed E-state index contributed by atoms with van der Waals surface area (Å²) in [6.45, 7) is 5.78. The Kier molecular flexibility index (Phi) is 1.55. The lowest BCUT2D eigenvalue weighted by molar-refractivity contribution is -0.196. The minimum atomic E-state index is -0.306. The Hall–Kier alpha value is -0.340. The lowest BCUT2D eigenvalue weighted by Gasteiger charge is -2.31. The highest BCUT2D eigenvalue weighted by Crippen LogP contribution is 2.41. The summed E-state index contributed by atoms with van der Waals surface area (Å²) in [5, 5.41) is 0. The Balaban J connectivity index is 2.23. The van der Waals surface area contributed by atoms with Crippen LogP contribution in [0.3, 0.4) is 0 Å². The zero-order chi connectivity index (χ0) is 7.90. The smallest absolute Gasteiger partial charge is 0.180 e. The average molecular weight is 154 g/mol. The molecule has 0 N–H and O–H groups in total. The fourth-order valence-electron chi connectivity index (χ4n) is 1.99. The van der Waals surface area contributed by atoms with E-state index >= 15 is 0 Å². The second kappa shape index (κ2) is 2.32. The van der Waals surface area contributed by atoms with Crippen molar-refractivity contribution >= 4 is 0 Å². The van der Waals surface area contributed by atoms with E-state index in [4.69, 9.17) is 9.47 Å². The van der Waals surface area contributed by atoms with Crippen molar-refractivity contribution in [2.75, 3.05) is 13.2 Å². The van der Waals surface area contributed by atoms with Gasteiger partial charge in [0.2, 0.25) is 0 Å². The predicted molar refractivity (Wildman–Crippen MR) is 42.1 cm³/mol. The van der Waals surface area contributed by atoms with E-state index in [1.54, 1.807) is 0 Å². The lowest BCUT2D eigenvalue weighted by atomic mass is 9.97. The van der Waals surface area contributed by atoms with E-state index in [9.17, 15) is 0 Å². The van der Waals surface area contributed by atoms with Gasteiger partial charge in [0.05, 0.1) is 13.2 Å². The lowest BCUT2D eigenvalue weighted by Crippen LogP contribution is -2.39. The topological polar surface area (TPSA) is 18.5 Å². The third-order valence-corrected chi connectivity index (χ3v) is 2.70. The molecule has 0 saturated carbocycles. The van der Waals surface area contributed by atoms with Gasteiger partial charge in [-0.2, -0.15) is 0 Å². The molecule has 2 heteroatoms. The highest BCUT2D eigenvalue weighted by molar-refractivity contribution is 5.10. The van der Waals surface area contributed by atoms with Crippen LogP contribution in [-0.2, 0) is 9.47 Å². The van der Waals surface area contributed by atoms with E-state index < -0.39 is 0 Å². The van der Waals surface area contributed by atoms with Gasteiger partial charge < -0.3 is 9.47 Å². The maximum atomic E-state index is 5.64. The van der Waals surface area contributed by atoms with Crippen LogP contribution in [0.5, 0.6) is 0 Å². The van der Waals surface area contributed by atoms with Crippen LogP contribution in [-0.4, -0.2) is 19.0 Å². The summed E-state index contributed by atoms with van der Waals surface area (Å²) in [6, 6.07) is 0. The molecular weight excluding hydrogens is 140 g/mol. The third-order valence-electron chi connectivity index (χ3n) is 2.70. The Labute approximate surface area is 67.2 Å². The average Bonchev–Trinajstić information content (AvgIpc) is 2.56. The maximum Gasteiger partial charge on any atom is 0.180 e. The molecule has 2 rings (SSSR count). The second-order valence-electron chi connectivity index (χ2n) is 3.38. The van der Waals surface area contributed by atoms with Gasteiger partial charge in [0.25, 0.3) is 0 Å². The molecule has 2 nitrogen and oxygen atoms in total. The monoisotopic (exact) mass is 154 g/mol. The highest BCUT2D eigenvalue weighted by Gasteiger charge is 2.47. The first-order valence-electron chi connectivity index (χ1n) is 4.22. The molecule has 1 heterocycles. The summed E-state index contributed by atoms with van der Waals surface area (Å²) in [5.74, 6) is 0.500. The molecule has 1 aliphatic heterocycles. The van der Waals surface area contributed by atoms with Gasteiger partial charge in [0, 0.05) is 11.8 Å². The van der Waals surface area contributed by atoms with Crippen LogP contribution in [0, 0.1) is 11.8 Å². The van der Waals surface area contributed by atoms with Gasteiger partial charge in [0.15, 0.2) is 5.79 Å². The van der Waals surface area contributed by atoms with Crippen molar-refractivity contribution in [1.29, 1.82) is 0 Å². The zero-order valence-electron chi connectivity index (χ0n) is 7.04. The summed E-state index contributed by atoms with van der Waals surface area (Å²) in [6.07, 6.45) is 4.35. The first kappa shape index (κ1) is 7.32. The van der Waals surface area contributed by atoms with Crippen molar-refractivity contribution in [2.24, 2.45) is 11.8 Å². The van der Waals surface area contributed by atoms with E-state index in [1.807, 2.05) is 0 Å². The van der Waals surface area contributed by atoms with Crippen LogP contribution in [0.15, 0.2) is 12.2 Å². The Morgan fingerprint density at radius 2 is 1.55 bits per heavy atom. The Morgan fingerprint density at radius 3 is 2.00 bits per heavy atom. The van der Waals surface area contributed by atoms with Crippen LogP contribution >= 0.6 is 0 Å². The number of rotatable bonds is 0. The van der Waals surface area contributed by atoms with Gasteiger partial charge >= 0.3 is 0 Å². The standard InChI is InChI=1S/C9H14O2/c1-7-3-4-8(2)9(7)10-5-6-11-9/h3-4,7-8H,5-6H2,1-2H3/t7-,8+. The fourth-order valence-corrected chi connectivity index (χ4v) is 1.99. The summed E-state index contributed by atoms with van der Waals surface area (Å²) in [4.78, 5) is 0. The van der Waals surface area contributed by atoms with Gasteiger partial charge in [-0.05, 0) is 0 Å². The normalized spacial score (nSPS) is 40.5. The maximum absolute atomic E-state index is 5.64.